The van der Waals surface area contributed by atoms with E-state index in [4.69, 9.17) is 4.74 Å². The molecule has 0 saturated carbocycles. The normalized spacial score (nSPS) is 13.8. The minimum Gasteiger partial charge on any atom is -0.370 e. The molecule has 2 aromatic rings. The summed E-state index contributed by atoms with van der Waals surface area (Å²) >= 11 is 0. The summed E-state index contributed by atoms with van der Waals surface area (Å²) in [6.45, 7) is 0.971. The van der Waals surface area contributed by atoms with E-state index in [0.29, 0.717) is 23.0 Å². The molecule has 0 unspecified atom stereocenters. The van der Waals surface area contributed by atoms with E-state index >= 15 is 0 Å². The SMILES string of the molecule is CN(Cc1ccc(C2=NCCN2)cc1)C(=O)COCCN(C)S(=O)(=O)c1ccc(C(F)(F)F)cc1[N+](=O)[O-]. The number of nitrogens with zero attached hydrogens (tertiary/aromatic N) is 4. The zero-order valence-corrected chi connectivity index (χ0v) is 21.4. The van der Waals surface area contributed by atoms with Gasteiger partial charge in [-0.1, -0.05) is 24.3 Å². The Morgan fingerprint density at radius 2 is 1.87 bits per heavy atom. The van der Waals surface area contributed by atoms with Crippen LogP contribution in [0.4, 0.5) is 18.9 Å². The van der Waals surface area contributed by atoms with Crippen LogP contribution in [0.15, 0.2) is 52.4 Å². The van der Waals surface area contributed by atoms with Gasteiger partial charge in [0, 0.05) is 45.4 Å². The molecule has 0 atom stereocenters. The molecule has 0 bridgehead atoms. The molecule has 3 rings (SSSR count). The van der Waals surface area contributed by atoms with Crippen molar-refractivity contribution in [3.05, 3.63) is 69.3 Å². The number of hydrogen-bond acceptors (Lipinski definition) is 8. The minimum absolute atomic E-state index is 0.180. The number of rotatable bonds is 11. The Morgan fingerprint density at radius 3 is 2.45 bits per heavy atom. The minimum atomic E-state index is -4.88. The van der Waals surface area contributed by atoms with Crippen LogP contribution in [0, 0.1) is 10.1 Å². The molecule has 15 heteroatoms. The second kappa shape index (κ2) is 11.9. The van der Waals surface area contributed by atoms with E-state index in [1.165, 1.54) is 4.90 Å². The molecule has 1 aliphatic rings. The van der Waals surface area contributed by atoms with Crippen molar-refractivity contribution in [1.82, 2.24) is 14.5 Å². The molecule has 11 nitrogen and oxygen atoms in total. The average Bonchev–Trinajstić information content (AvgIpc) is 3.40. The van der Waals surface area contributed by atoms with E-state index in [0.717, 1.165) is 37.1 Å². The number of alkyl halides is 3. The van der Waals surface area contributed by atoms with Crippen molar-refractivity contribution in [2.75, 3.05) is 46.9 Å². The van der Waals surface area contributed by atoms with Gasteiger partial charge in [0.15, 0.2) is 4.90 Å². The van der Waals surface area contributed by atoms with Crippen LogP contribution >= 0.6 is 0 Å². The highest BCUT2D eigenvalue weighted by Gasteiger charge is 2.36. The van der Waals surface area contributed by atoms with Gasteiger partial charge < -0.3 is 15.0 Å². The summed E-state index contributed by atoms with van der Waals surface area (Å²) in [6, 6.07) is 8.75. The number of amidine groups is 1. The highest BCUT2D eigenvalue weighted by Crippen LogP contribution is 2.35. The molecule has 0 saturated heterocycles. The van der Waals surface area contributed by atoms with Crippen molar-refractivity contribution in [2.24, 2.45) is 4.99 Å². The smallest absolute Gasteiger partial charge is 0.370 e. The summed E-state index contributed by atoms with van der Waals surface area (Å²) in [7, 11) is -1.82. The van der Waals surface area contributed by atoms with Gasteiger partial charge in [-0.15, -0.1) is 0 Å². The van der Waals surface area contributed by atoms with Crippen LogP contribution in [0.25, 0.3) is 0 Å². The third-order valence-electron chi connectivity index (χ3n) is 5.69. The first kappa shape index (κ1) is 29.0. The predicted molar refractivity (Wildman–Crippen MR) is 131 cm³/mol. The fourth-order valence-electron chi connectivity index (χ4n) is 3.53. The zero-order chi connectivity index (χ0) is 28.1. The molecule has 38 heavy (non-hydrogen) atoms. The number of nitro benzene ring substituents is 1. The molecular weight excluding hydrogens is 531 g/mol. The van der Waals surface area contributed by atoms with Crippen LogP contribution in [0.3, 0.4) is 0 Å². The molecule has 1 aliphatic heterocycles. The fourth-order valence-corrected chi connectivity index (χ4v) is 4.82. The predicted octanol–water partition coefficient (Wildman–Crippen LogP) is 2.26. The van der Waals surface area contributed by atoms with Gasteiger partial charge in [-0.2, -0.15) is 17.5 Å². The number of benzene rings is 2. The van der Waals surface area contributed by atoms with Gasteiger partial charge in [0.05, 0.1) is 23.6 Å². The van der Waals surface area contributed by atoms with Gasteiger partial charge in [0.1, 0.15) is 12.4 Å². The largest absolute Gasteiger partial charge is 0.416 e. The molecule has 1 amide bonds. The second-order valence-electron chi connectivity index (χ2n) is 8.42. The van der Waals surface area contributed by atoms with Gasteiger partial charge >= 0.3 is 6.18 Å². The number of halogens is 3. The monoisotopic (exact) mass is 557 g/mol. The van der Waals surface area contributed by atoms with Crippen LogP contribution in [-0.2, 0) is 32.3 Å². The summed E-state index contributed by atoms with van der Waals surface area (Å²) in [4.78, 5) is 27.4. The third kappa shape index (κ3) is 7.05. The van der Waals surface area contributed by atoms with E-state index in [1.807, 2.05) is 24.3 Å². The summed E-state index contributed by atoms with van der Waals surface area (Å²) in [5.41, 5.74) is -0.700. The summed E-state index contributed by atoms with van der Waals surface area (Å²) in [5.74, 6) is 0.467. The maximum absolute atomic E-state index is 12.9. The van der Waals surface area contributed by atoms with Crippen molar-refractivity contribution < 1.29 is 36.0 Å². The number of aliphatic imine (C=N–C) groups is 1. The molecular formula is C23H26F3N5O6S. The maximum atomic E-state index is 12.9. The van der Waals surface area contributed by atoms with Gasteiger partial charge in [0.2, 0.25) is 15.9 Å². The lowest BCUT2D eigenvalue weighted by Gasteiger charge is -2.19. The summed E-state index contributed by atoms with van der Waals surface area (Å²) in [5, 5.41) is 14.4. The average molecular weight is 558 g/mol. The van der Waals surface area contributed by atoms with E-state index in [2.05, 4.69) is 10.3 Å². The molecule has 0 spiro atoms. The Hall–Kier alpha value is -3.56. The number of nitro groups is 1. The van der Waals surface area contributed by atoms with E-state index in [1.54, 1.807) is 7.05 Å². The lowest BCUT2D eigenvalue weighted by molar-refractivity contribution is -0.388. The maximum Gasteiger partial charge on any atom is 0.416 e. The number of likely N-dealkylation sites (N-methyl/N-ethyl adjacent to an activating group) is 2. The number of carbonyl (C=O) groups is 1. The van der Waals surface area contributed by atoms with Gasteiger partial charge in [-0.3, -0.25) is 19.9 Å². The first-order valence-corrected chi connectivity index (χ1v) is 12.8. The second-order valence-corrected chi connectivity index (χ2v) is 10.4. The van der Waals surface area contributed by atoms with Crippen LogP contribution < -0.4 is 5.32 Å². The molecule has 206 valence electrons. The summed E-state index contributed by atoms with van der Waals surface area (Å²) in [6.07, 6.45) is -4.88. The lowest BCUT2D eigenvalue weighted by Crippen LogP contribution is -2.33. The Balaban J connectivity index is 1.52. The van der Waals surface area contributed by atoms with Gasteiger partial charge in [-0.05, 0) is 17.7 Å². The quantitative estimate of drug-likeness (QED) is 0.254. The van der Waals surface area contributed by atoms with Gasteiger partial charge in [0.25, 0.3) is 5.69 Å². The van der Waals surface area contributed by atoms with Gasteiger partial charge in [-0.25, -0.2) is 8.42 Å². The first-order valence-electron chi connectivity index (χ1n) is 11.3. The molecule has 0 aliphatic carbocycles. The van der Waals surface area contributed by atoms with Crippen LogP contribution in [0.5, 0.6) is 0 Å². The number of carbonyl (C=O) groups excluding carboxylic acids is 1. The van der Waals surface area contributed by atoms with Crippen molar-refractivity contribution in [3.8, 4) is 0 Å². The van der Waals surface area contributed by atoms with Crippen LogP contribution in [-0.4, -0.2) is 81.2 Å². The molecule has 1 heterocycles. The first-order chi connectivity index (χ1) is 17.8. The number of hydrogen-bond donors (Lipinski definition) is 1. The van der Waals surface area contributed by atoms with Crippen molar-refractivity contribution >= 4 is 27.5 Å². The topological polar surface area (TPSA) is 134 Å². The molecule has 0 fully saturated rings. The van der Waals surface area contributed by atoms with Crippen LogP contribution in [0.2, 0.25) is 0 Å². The number of nitrogens with one attached hydrogen (secondary N) is 1. The number of sulfonamides is 1. The fraction of sp³-hybridized carbons (Fsp3) is 0.391. The van der Waals surface area contributed by atoms with Crippen LogP contribution in [0.1, 0.15) is 16.7 Å². The number of amides is 1. The highest BCUT2D eigenvalue weighted by molar-refractivity contribution is 7.89. The Morgan fingerprint density at radius 1 is 1.18 bits per heavy atom. The van der Waals surface area contributed by atoms with Crippen molar-refractivity contribution in [1.29, 1.82) is 0 Å². The molecule has 1 N–H and O–H groups in total. The van der Waals surface area contributed by atoms with E-state index < -0.39 is 37.3 Å². The lowest BCUT2D eigenvalue weighted by atomic mass is 10.1. The molecule has 0 aromatic heterocycles. The summed E-state index contributed by atoms with van der Waals surface area (Å²) < 4.78 is 70.2. The molecule has 2 aromatic carbocycles. The third-order valence-corrected chi connectivity index (χ3v) is 7.60. The zero-order valence-electron chi connectivity index (χ0n) is 20.6. The number of ether oxygens (including phenoxy) is 1. The Bertz CT molecular complexity index is 1320. The van der Waals surface area contributed by atoms with E-state index in [-0.39, 0.29) is 31.7 Å². The van der Waals surface area contributed by atoms with E-state index in [9.17, 15) is 36.5 Å². The van der Waals surface area contributed by atoms with Crippen molar-refractivity contribution in [2.45, 2.75) is 17.6 Å². The Kier molecular flexibility index (Phi) is 9.06. The standard InChI is InChI=1S/C23H26F3N5O6S/c1-29(14-16-3-5-17(6-4-16)22-27-9-10-28-22)21(32)15-37-12-11-30(2)38(35,36)20-8-7-18(23(24,25)26)13-19(20)31(33)34/h3-8,13H,9-12,14-15H2,1-2H3,(H,27,28). The highest BCUT2D eigenvalue weighted by atomic mass is 32.2. The molecule has 0 radical (unpaired) electrons. The Labute approximate surface area is 217 Å². The van der Waals surface area contributed by atoms with Crippen molar-refractivity contribution in [3.63, 3.8) is 0 Å².